The number of fused-ring (bicyclic) bond motifs is 3. The van der Waals surface area contributed by atoms with Crippen molar-refractivity contribution < 1.29 is 33.3 Å². The molecule has 2 aromatic heterocycles. The third-order valence-corrected chi connectivity index (χ3v) is 8.18. The van der Waals surface area contributed by atoms with Crippen LogP contribution < -0.4 is 16.2 Å². The number of aromatic nitrogens is 3. The van der Waals surface area contributed by atoms with Gasteiger partial charge in [-0.3, -0.25) is 9.59 Å². The number of ether oxygens (including phenoxy) is 5. The molecule has 0 saturated carbocycles. The molecule has 43 heavy (non-hydrogen) atoms. The molecule has 1 unspecified atom stereocenters. The standard InChI is InChI=1S/C31H35N5O7/c1-15(17-7-8-19-12-20(39-6)10-9-18(19)11-17)29(38)40-14-31(5)24-23(41-30(3,4)42-24)28(43-31)36-13-21(26(33)37)22-25(32)34-16(2)35-27(22)36/h7-13,15,23-24,28H,14H2,1-6H3,(H2,33,37)(H2,32,34,35)/t15-,23-,24+,28-,31?/m1/s1. The van der Waals surface area contributed by atoms with Crippen molar-refractivity contribution in [1.29, 1.82) is 0 Å². The lowest BCUT2D eigenvalue weighted by molar-refractivity contribution is -0.225. The number of carbonyl (C=O) groups is 2. The molecule has 4 heterocycles. The van der Waals surface area contributed by atoms with E-state index in [1.165, 1.54) is 0 Å². The number of nitrogen functional groups attached to an aromatic ring is 1. The molecule has 0 bridgehead atoms. The number of amides is 1. The molecule has 6 rings (SSSR count). The smallest absolute Gasteiger partial charge is 0.313 e. The Bertz CT molecular complexity index is 1770. The summed E-state index contributed by atoms with van der Waals surface area (Å²) >= 11 is 0. The first-order valence-corrected chi connectivity index (χ1v) is 14.0. The molecule has 2 saturated heterocycles. The van der Waals surface area contributed by atoms with Gasteiger partial charge in [0.1, 0.15) is 47.5 Å². The molecule has 2 fully saturated rings. The van der Waals surface area contributed by atoms with Crippen LogP contribution in [0.4, 0.5) is 5.82 Å². The second-order valence-corrected chi connectivity index (χ2v) is 11.8. The van der Waals surface area contributed by atoms with Gasteiger partial charge in [0.25, 0.3) is 5.91 Å². The Labute approximate surface area is 248 Å². The highest BCUT2D eigenvalue weighted by molar-refractivity contribution is 6.09. The van der Waals surface area contributed by atoms with E-state index in [0.717, 1.165) is 22.1 Å². The number of benzene rings is 2. The summed E-state index contributed by atoms with van der Waals surface area (Å²) in [7, 11) is 1.63. The first-order valence-electron chi connectivity index (χ1n) is 14.0. The fourth-order valence-electron chi connectivity index (χ4n) is 6.00. The van der Waals surface area contributed by atoms with Gasteiger partial charge in [-0.25, -0.2) is 9.97 Å². The molecule has 0 spiro atoms. The molecular formula is C31H35N5O7. The minimum atomic E-state index is -1.10. The quantitative estimate of drug-likeness (QED) is 0.304. The summed E-state index contributed by atoms with van der Waals surface area (Å²) in [5, 5.41) is 2.33. The van der Waals surface area contributed by atoms with Crippen LogP contribution in [-0.4, -0.2) is 63.7 Å². The predicted octanol–water partition coefficient (Wildman–Crippen LogP) is 3.74. The summed E-state index contributed by atoms with van der Waals surface area (Å²) in [6, 6.07) is 11.6. The van der Waals surface area contributed by atoms with Crippen molar-refractivity contribution in [1.82, 2.24) is 14.5 Å². The largest absolute Gasteiger partial charge is 0.497 e. The van der Waals surface area contributed by atoms with E-state index >= 15 is 0 Å². The van der Waals surface area contributed by atoms with Crippen LogP contribution in [0.15, 0.2) is 42.6 Å². The maximum atomic E-state index is 13.3. The fourth-order valence-corrected chi connectivity index (χ4v) is 6.00. The summed E-state index contributed by atoms with van der Waals surface area (Å²) in [4.78, 5) is 34.4. The Morgan fingerprint density at radius 2 is 1.79 bits per heavy atom. The number of hydrogen-bond donors (Lipinski definition) is 2. The number of nitrogens with two attached hydrogens (primary N) is 2. The van der Waals surface area contributed by atoms with E-state index < -0.39 is 47.6 Å². The van der Waals surface area contributed by atoms with Crippen molar-refractivity contribution in [2.45, 2.75) is 70.4 Å². The van der Waals surface area contributed by atoms with Gasteiger partial charge in [-0.2, -0.15) is 0 Å². The van der Waals surface area contributed by atoms with Crippen LogP contribution in [0.3, 0.4) is 0 Å². The summed E-state index contributed by atoms with van der Waals surface area (Å²) in [5.74, 6) is -1.25. The molecule has 5 atom stereocenters. The summed E-state index contributed by atoms with van der Waals surface area (Å²) in [6.45, 7) is 8.82. The highest BCUT2D eigenvalue weighted by Crippen LogP contribution is 2.49. The van der Waals surface area contributed by atoms with Crippen LogP contribution in [-0.2, 0) is 23.7 Å². The number of aryl methyl sites for hydroxylation is 1. The van der Waals surface area contributed by atoms with Gasteiger partial charge in [0, 0.05) is 6.20 Å². The van der Waals surface area contributed by atoms with Gasteiger partial charge >= 0.3 is 5.97 Å². The molecule has 4 N–H and O–H groups in total. The zero-order valence-corrected chi connectivity index (χ0v) is 24.9. The molecule has 2 aliphatic heterocycles. The van der Waals surface area contributed by atoms with E-state index in [1.54, 1.807) is 45.6 Å². The van der Waals surface area contributed by atoms with E-state index in [2.05, 4.69) is 9.97 Å². The maximum absolute atomic E-state index is 13.3. The second-order valence-electron chi connectivity index (χ2n) is 11.8. The number of esters is 1. The van der Waals surface area contributed by atoms with Gasteiger partial charge in [-0.15, -0.1) is 0 Å². The lowest BCUT2D eigenvalue weighted by Gasteiger charge is -2.31. The molecule has 4 aromatic rings. The number of carbonyl (C=O) groups excluding carboxylic acids is 2. The Kier molecular flexibility index (Phi) is 6.83. The lowest BCUT2D eigenvalue weighted by atomic mass is 9.97. The molecule has 1 amide bonds. The molecule has 0 aliphatic carbocycles. The molecular weight excluding hydrogens is 554 g/mol. The second kappa shape index (κ2) is 10.2. The zero-order chi connectivity index (χ0) is 30.8. The van der Waals surface area contributed by atoms with Crippen molar-refractivity contribution in [3.63, 3.8) is 0 Å². The van der Waals surface area contributed by atoms with E-state index in [9.17, 15) is 9.59 Å². The number of hydrogen-bond acceptors (Lipinski definition) is 10. The number of primary amides is 1. The van der Waals surface area contributed by atoms with E-state index in [0.29, 0.717) is 16.9 Å². The van der Waals surface area contributed by atoms with Gasteiger partial charge < -0.3 is 39.7 Å². The summed E-state index contributed by atoms with van der Waals surface area (Å²) in [5.41, 5.74) is 12.1. The van der Waals surface area contributed by atoms with E-state index in [-0.39, 0.29) is 18.0 Å². The molecule has 12 heteroatoms. The van der Waals surface area contributed by atoms with Gasteiger partial charge in [-0.05, 0) is 63.1 Å². The van der Waals surface area contributed by atoms with Crippen molar-refractivity contribution in [3.8, 4) is 5.75 Å². The monoisotopic (exact) mass is 589 g/mol. The van der Waals surface area contributed by atoms with Crippen LogP contribution in [0.2, 0.25) is 0 Å². The van der Waals surface area contributed by atoms with Crippen LogP contribution >= 0.6 is 0 Å². The average molecular weight is 590 g/mol. The third kappa shape index (κ3) is 4.94. The Morgan fingerprint density at radius 3 is 2.51 bits per heavy atom. The Balaban J connectivity index is 1.27. The van der Waals surface area contributed by atoms with Crippen LogP contribution in [0.1, 0.15) is 61.6 Å². The maximum Gasteiger partial charge on any atom is 0.313 e. The topological polar surface area (TPSA) is 163 Å². The van der Waals surface area contributed by atoms with Crippen molar-refractivity contribution in [2.24, 2.45) is 5.73 Å². The van der Waals surface area contributed by atoms with Gasteiger partial charge in [-0.1, -0.05) is 24.3 Å². The number of methoxy groups -OCH3 is 1. The Hall–Kier alpha value is -4.26. The van der Waals surface area contributed by atoms with E-state index in [1.807, 2.05) is 43.3 Å². The molecule has 2 aliphatic rings. The van der Waals surface area contributed by atoms with E-state index in [4.69, 9.17) is 35.2 Å². The molecule has 2 aromatic carbocycles. The van der Waals surface area contributed by atoms with Crippen molar-refractivity contribution >= 4 is 39.5 Å². The SMILES string of the molecule is COc1ccc2cc([C@@H](C)C(=O)OCC3(C)O[C@@H](n4cc(C(N)=O)c5c(N)nc(C)nc54)[C@@H]4OC(C)(C)O[C@@H]43)ccc2c1. The minimum Gasteiger partial charge on any atom is -0.497 e. The van der Waals surface area contributed by atoms with Gasteiger partial charge in [0.15, 0.2) is 12.0 Å². The molecule has 12 nitrogen and oxygen atoms in total. The molecule has 0 radical (unpaired) electrons. The average Bonchev–Trinajstić information content (AvgIpc) is 3.58. The fraction of sp³-hybridized carbons (Fsp3) is 0.419. The number of anilines is 1. The Morgan fingerprint density at radius 1 is 1.07 bits per heavy atom. The normalized spacial score (nSPS) is 25.1. The highest BCUT2D eigenvalue weighted by atomic mass is 16.8. The van der Waals surface area contributed by atoms with Crippen LogP contribution in [0.25, 0.3) is 21.8 Å². The van der Waals surface area contributed by atoms with Crippen molar-refractivity contribution in [2.75, 3.05) is 19.5 Å². The van der Waals surface area contributed by atoms with Crippen LogP contribution in [0, 0.1) is 6.92 Å². The first kappa shape index (κ1) is 28.8. The minimum absolute atomic E-state index is 0.101. The predicted molar refractivity (Wildman–Crippen MR) is 157 cm³/mol. The summed E-state index contributed by atoms with van der Waals surface area (Å²) < 4.78 is 32.0. The number of rotatable bonds is 7. The molecule has 226 valence electrons. The highest BCUT2D eigenvalue weighted by Gasteiger charge is 2.62. The third-order valence-electron chi connectivity index (χ3n) is 8.18. The first-order chi connectivity index (χ1) is 20.3. The van der Waals surface area contributed by atoms with Gasteiger partial charge in [0.2, 0.25) is 0 Å². The van der Waals surface area contributed by atoms with Crippen molar-refractivity contribution in [3.05, 3.63) is 59.5 Å². The summed E-state index contributed by atoms with van der Waals surface area (Å²) in [6.07, 6.45) is -0.486. The lowest BCUT2D eigenvalue weighted by Crippen LogP contribution is -2.45. The van der Waals surface area contributed by atoms with Gasteiger partial charge in [0.05, 0.1) is 24.0 Å². The number of nitrogens with zero attached hydrogens (tertiary/aromatic N) is 3. The van der Waals surface area contributed by atoms with Crippen LogP contribution in [0.5, 0.6) is 5.75 Å². The zero-order valence-electron chi connectivity index (χ0n) is 24.9.